The van der Waals surface area contributed by atoms with Gasteiger partial charge in [0.15, 0.2) is 0 Å². The zero-order chi connectivity index (χ0) is 25.5. The maximum Gasteiger partial charge on any atom is 0.254 e. The monoisotopic (exact) mass is 494 g/mol. The largest absolute Gasteiger partial charge is 0.497 e. The molecule has 1 N–H and O–H groups in total. The normalized spacial score (nSPS) is 19.7. The van der Waals surface area contributed by atoms with Crippen LogP contribution in [0.5, 0.6) is 5.75 Å². The third-order valence-corrected chi connectivity index (χ3v) is 7.81. The van der Waals surface area contributed by atoms with Gasteiger partial charge in [0, 0.05) is 67.1 Å². The third-order valence-electron chi connectivity index (χ3n) is 7.81. The fourth-order valence-corrected chi connectivity index (χ4v) is 5.84. The molecule has 0 saturated carbocycles. The van der Waals surface area contributed by atoms with Crippen molar-refractivity contribution in [1.82, 2.24) is 14.8 Å². The number of hydrogen-bond acceptors (Lipinski definition) is 4. The number of H-pyrrole nitrogens is 1. The van der Waals surface area contributed by atoms with Gasteiger partial charge in [-0.2, -0.15) is 0 Å². The van der Waals surface area contributed by atoms with E-state index in [1.54, 1.807) is 12.0 Å². The Labute approximate surface area is 216 Å². The van der Waals surface area contributed by atoms with Gasteiger partial charge in [-0.15, -0.1) is 0 Å². The summed E-state index contributed by atoms with van der Waals surface area (Å²) in [5, 5.41) is 1.04. The quantitative estimate of drug-likeness (QED) is 0.456. The number of para-hydroxylation sites is 1. The molecule has 1 fully saturated rings. The van der Waals surface area contributed by atoms with Gasteiger partial charge in [0.1, 0.15) is 5.75 Å². The Morgan fingerprint density at radius 3 is 2.35 bits per heavy atom. The number of rotatable bonds is 4. The van der Waals surface area contributed by atoms with E-state index in [1.165, 1.54) is 0 Å². The first-order chi connectivity index (χ1) is 18.1. The van der Waals surface area contributed by atoms with Crippen molar-refractivity contribution in [3.05, 3.63) is 95.7 Å². The highest BCUT2D eigenvalue weighted by Crippen LogP contribution is 2.45. The van der Waals surface area contributed by atoms with E-state index in [-0.39, 0.29) is 11.8 Å². The lowest BCUT2D eigenvalue weighted by Crippen LogP contribution is -2.53. The molecule has 1 saturated heterocycles. The topological polar surface area (TPSA) is 68.9 Å². The molecule has 2 amide bonds. The van der Waals surface area contributed by atoms with Gasteiger partial charge >= 0.3 is 0 Å². The Balaban J connectivity index is 1.33. The number of amides is 2. The molecule has 0 bridgehead atoms. The Morgan fingerprint density at radius 1 is 0.892 bits per heavy atom. The van der Waals surface area contributed by atoms with Gasteiger partial charge in [-0.25, -0.2) is 0 Å². The van der Waals surface area contributed by atoms with Crippen molar-refractivity contribution in [2.75, 3.05) is 45.2 Å². The summed E-state index contributed by atoms with van der Waals surface area (Å²) in [4.78, 5) is 37.0. The number of piperazine rings is 1. The highest BCUT2D eigenvalue weighted by atomic mass is 16.5. The SMILES string of the molecule is COc1ccc(N2CCN(C(=O)C3c4ccccc4C(=O)N(C)C3c3c[nH]c4ccccc34)CC2)cc1. The van der Waals surface area contributed by atoms with E-state index in [2.05, 4.69) is 28.1 Å². The zero-order valence-corrected chi connectivity index (χ0v) is 21.1. The van der Waals surface area contributed by atoms with Crippen LogP contribution in [0.1, 0.15) is 33.4 Å². The second-order valence-electron chi connectivity index (χ2n) is 9.73. The predicted octanol–water partition coefficient (Wildman–Crippen LogP) is 4.44. The van der Waals surface area contributed by atoms with E-state index in [0.717, 1.165) is 46.6 Å². The average molecular weight is 495 g/mol. The third kappa shape index (κ3) is 3.91. The first-order valence-electron chi connectivity index (χ1n) is 12.7. The number of carbonyl (C=O) groups is 2. The molecule has 3 heterocycles. The van der Waals surface area contributed by atoms with Crippen molar-refractivity contribution >= 4 is 28.4 Å². The number of nitrogens with zero attached hydrogens (tertiary/aromatic N) is 3. The maximum absolute atomic E-state index is 14.3. The lowest BCUT2D eigenvalue weighted by molar-refractivity contribution is -0.134. The van der Waals surface area contributed by atoms with Crippen LogP contribution in [0.2, 0.25) is 0 Å². The Bertz CT molecular complexity index is 1450. The fourth-order valence-electron chi connectivity index (χ4n) is 5.84. The van der Waals surface area contributed by atoms with Crippen molar-refractivity contribution in [1.29, 1.82) is 0 Å². The van der Waals surface area contributed by atoms with Crippen LogP contribution in [0.15, 0.2) is 79.0 Å². The van der Waals surface area contributed by atoms with Crippen molar-refractivity contribution in [2.24, 2.45) is 0 Å². The molecule has 0 aliphatic carbocycles. The van der Waals surface area contributed by atoms with E-state index in [4.69, 9.17) is 4.74 Å². The number of hydrogen-bond donors (Lipinski definition) is 1. The van der Waals surface area contributed by atoms with Crippen LogP contribution in [-0.4, -0.2) is 66.9 Å². The number of ether oxygens (including phenoxy) is 1. The predicted molar refractivity (Wildman–Crippen MR) is 144 cm³/mol. The second-order valence-corrected chi connectivity index (χ2v) is 9.73. The number of fused-ring (bicyclic) bond motifs is 2. The lowest BCUT2D eigenvalue weighted by atomic mass is 9.79. The van der Waals surface area contributed by atoms with Crippen LogP contribution in [-0.2, 0) is 4.79 Å². The Kier molecular flexibility index (Phi) is 5.83. The molecule has 1 aromatic heterocycles. The number of aromatic amines is 1. The highest BCUT2D eigenvalue weighted by molar-refractivity contribution is 6.02. The molecule has 0 spiro atoms. The van der Waals surface area contributed by atoms with Crippen LogP contribution < -0.4 is 9.64 Å². The lowest BCUT2D eigenvalue weighted by Gasteiger charge is -2.43. The smallest absolute Gasteiger partial charge is 0.254 e. The minimum atomic E-state index is -0.481. The van der Waals surface area contributed by atoms with Gasteiger partial charge in [0.05, 0.1) is 19.1 Å². The van der Waals surface area contributed by atoms with Gasteiger partial charge in [-0.1, -0.05) is 36.4 Å². The number of carbonyl (C=O) groups excluding carboxylic acids is 2. The molecular weight excluding hydrogens is 464 g/mol. The molecule has 37 heavy (non-hydrogen) atoms. The van der Waals surface area contributed by atoms with Crippen LogP contribution in [0.3, 0.4) is 0 Å². The number of likely N-dealkylation sites (N-methyl/N-ethyl adjacent to an activating group) is 1. The highest BCUT2D eigenvalue weighted by Gasteiger charge is 2.45. The fraction of sp³-hybridized carbons (Fsp3) is 0.267. The standard InChI is InChI=1S/C30H30N4O3/c1-32-28(25-19-31-26-10-6-5-7-22(25)26)27(23-8-3-4-9-24(23)29(32)35)30(36)34-17-15-33(16-18-34)20-11-13-21(37-2)14-12-20/h3-14,19,27-28,31H,15-18H2,1-2H3. The summed E-state index contributed by atoms with van der Waals surface area (Å²) in [6.07, 6.45) is 1.95. The summed E-state index contributed by atoms with van der Waals surface area (Å²) in [5.41, 5.74) is 4.50. The summed E-state index contributed by atoms with van der Waals surface area (Å²) in [7, 11) is 3.48. The van der Waals surface area contributed by atoms with Crippen molar-refractivity contribution in [3.8, 4) is 5.75 Å². The van der Waals surface area contributed by atoms with E-state index >= 15 is 0 Å². The summed E-state index contributed by atoms with van der Waals surface area (Å²) >= 11 is 0. The van der Waals surface area contributed by atoms with Crippen molar-refractivity contribution in [2.45, 2.75) is 12.0 Å². The molecular formula is C30H30N4O3. The van der Waals surface area contributed by atoms with E-state index in [1.807, 2.05) is 72.7 Å². The van der Waals surface area contributed by atoms with Crippen LogP contribution in [0.25, 0.3) is 10.9 Å². The molecule has 2 atom stereocenters. The molecule has 0 radical (unpaired) electrons. The average Bonchev–Trinajstić information content (AvgIpc) is 3.38. The number of nitrogens with one attached hydrogen (secondary N) is 1. The minimum absolute atomic E-state index is 0.0562. The summed E-state index contributed by atoms with van der Waals surface area (Å²) in [6, 6.07) is 23.3. The van der Waals surface area contributed by atoms with E-state index in [0.29, 0.717) is 18.7 Å². The summed E-state index contributed by atoms with van der Waals surface area (Å²) in [6.45, 7) is 2.75. The van der Waals surface area contributed by atoms with Gasteiger partial charge in [0.2, 0.25) is 5.91 Å². The molecule has 188 valence electrons. The molecule has 2 unspecified atom stereocenters. The van der Waals surface area contributed by atoms with Crippen molar-refractivity contribution < 1.29 is 14.3 Å². The first-order valence-corrected chi connectivity index (χ1v) is 12.7. The van der Waals surface area contributed by atoms with Crippen LogP contribution >= 0.6 is 0 Å². The number of methoxy groups -OCH3 is 1. The van der Waals surface area contributed by atoms with Gasteiger partial charge in [-0.05, 0) is 42.0 Å². The Hall–Kier alpha value is -4.26. The molecule has 7 nitrogen and oxygen atoms in total. The summed E-state index contributed by atoms with van der Waals surface area (Å²) in [5.74, 6) is 0.358. The molecule has 7 heteroatoms. The van der Waals surface area contributed by atoms with E-state index < -0.39 is 12.0 Å². The second kappa shape index (κ2) is 9.32. The molecule has 3 aromatic carbocycles. The van der Waals surface area contributed by atoms with Gasteiger partial charge in [0.25, 0.3) is 5.91 Å². The van der Waals surface area contributed by atoms with Gasteiger partial charge < -0.3 is 24.4 Å². The van der Waals surface area contributed by atoms with Crippen molar-refractivity contribution in [3.63, 3.8) is 0 Å². The first kappa shape index (κ1) is 23.2. The van der Waals surface area contributed by atoms with E-state index in [9.17, 15) is 9.59 Å². The molecule has 6 rings (SSSR count). The Morgan fingerprint density at radius 2 is 1.59 bits per heavy atom. The van der Waals surface area contributed by atoms with Crippen LogP contribution in [0.4, 0.5) is 5.69 Å². The summed E-state index contributed by atoms with van der Waals surface area (Å²) < 4.78 is 5.28. The van der Waals surface area contributed by atoms with Crippen LogP contribution in [0, 0.1) is 0 Å². The number of aromatic nitrogens is 1. The maximum atomic E-state index is 14.3. The minimum Gasteiger partial charge on any atom is -0.497 e. The van der Waals surface area contributed by atoms with Gasteiger partial charge in [-0.3, -0.25) is 9.59 Å². The number of benzene rings is 3. The zero-order valence-electron chi connectivity index (χ0n) is 21.1. The number of anilines is 1. The molecule has 4 aromatic rings. The molecule has 2 aliphatic rings. The molecule has 2 aliphatic heterocycles.